The van der Waals surface area contributed by atoms with Crippen LogP contribution in [0.4, 0.5) is 0 Å². The maximum atomic E-state index is 11.9. The summed E-state index contributed by atoms with van der Waals surface area (Å²) in [7, 11) is 0. The van der Waals surface area contributed by atoms with E-state index in [9.17, 15) is 4.79 Å². The Balaban J connectivity index is 2.20. The molecule has 1 aliphatic heterocycles. The minimum absolute atomic E-state index is 0.147. The summed E-state index contributed by atoms with van der Waals surface area (Å²) in [6, 6.07) is 0. The summed E-state index contributed by atoms with van der Waals surface area (Å²) in [5.41, 5.74) is -0.222. The molecule has 0 spiro atoms. The van der Waals surface area contributed by atoms with E-state index in [4.69, 9.17) is 16.3 Å². The van der Waals surface area contributed by atoms with E-state index < -0.39 is 0 Å². The zero-order valence-electron chi connectivity index (χ0n) is 11.5. The fourth-order valence-corrected chi connectivity index (χ4v) is 2.64. The smallest absolute Gasteiger partial charge is 0.220 e. The second-order valence-corrected chi connectivity index (χ2v) is 5.51. The van der Waals surface area contributed by atoms with Gasteiger partial charge >= 0.3 is 0 Å². The summed E-state index contributed by atoms with van der Waals surface area (Å²) in [6.07, 6.45) is 8.17. The largest absolute Gasteiger partial charge is 0.381 e. The van der Waals surface area contributed by atoms with Crippen LogP contribution in [0, 0.1) is 0 Å². The van der Waals surface area contributed by atoms with E-state index in [0.717, 1.165) is 25.7 Å². The molecule has 0 aromatic carbocycles. The van der Waals surface area contributed by atoms with Gasteiger partial charge in [-0.05, 0) is 19.3 Å². The summed E-state index contributed by atoms with van der Waals surface area (Å²) >= 11 is 6.01. The zero-order valence-corrected chi connectivity index (χ0v) is 12.2. The standard InChI is InChI=1S/C14H26ClNO2/c1-2-3-4-5-6-7-13(17)16-14(12-15)8-10-18-11-9-14/h2-12H2,1H3,(H,16,17). The van der Waals surface area contributed by atoms with Crippen molar-refractivity contribution in [3.8, 4) is 0 Å². The van der Waals surface area contributed by atoms with E-state index in [-0.39, 0.29) is 11.4 Å². The van der Waals surface area contributed by atoms with Crippen LogP contribution in [0.3, 0.4) is 0 Å². The number of halogens is 1. The monoisotopic (exact) mass is 275 g/mol. The second-order valence-electron chi connectivity index (χ2n) is 5.24. The fourth-order valence-electron chi connectivity index (χ4n) is 2.30. The molecule has 0 unspecified atom stereocenters. The molecule has 0 aromatic heterocycles. The third-order valence-corrected chi connectivity index (χ3v) is 4.13. The average Bonchev–Trinajstić information content (AvgIpc) is 2.39. The number of ether oxygens (including phenoxy) is 1. The van der Waals surface area contributed by atoms with Crippen molar-refractivity contribution in [3.63, 3.8) is 0 Å². The molecule has 4 heteroatoms. The van der Waals surface area contributed by atoms with Crippen molar-refractivity contribution in [2.45, 2.75) is 63.8 Å². The highest BCUT2D eigenvalue weighted by Gasteiger charge is 2.32. The molecule has 106 valence electrons. The number of amides is 1. The number of hydrogen-bond donors (Lipinski definition) is 1. The lowest BCUT2D eigenvalue weighted by molar-refractivity contribution is -0.124. The van der Waals surface area contributed by atoms with Crippen LogP contribution in [0.15, 0.2) is 0 Å². The average molecular weight is 276 g/mol. The van der Waals surface area contributed by atoms with Crippen LogP contribution in [0.2, 0.25) is 0 Å². The van der Waals surface area contributed by atoms with Crippen molar-refractivity contribution in [3.05, 3.63) is 0 Å². The summed E-state index contributed by atoms with van der Waals surface area (Å²) in [5.74, 6) is 0.631. The van der Waals surface area contributed by atoms with Crippen molar-refractivity contribution >= 4 is 17.5 Å². The van der Waals surface area contributed by atoms with E-state index >= 15 is 0 Å². The highest BCUT2D eigenvalue weighted by Crippen LogP contribution is 2.22. The van der Waals surface area contributed by atoms with Crippen LogP contribution >= 0.6 is 11.6 Å². The molecule has 1 N–H and O–H groups in total. The Morgan fingerprint density at radius 1 is 1.22 bits per heavy atom. The van der Waals surface area contributed by atoms with Crippen molar-refractivity contribution < 1.29 is 9.53 Å². The Kier molecular flexibility index (Phi) is 7.68. The molecule has 0 bridgehead atoms. The molecule has 1 aliphatic rings. The fraction of sp³-hybridized carbons (Fsp3) is 0.929. The first kappa shape index (κ1) is 15.8. The highest BCUT2D eigenvalue weighted by molar-refractivity contribution is 6.18. The van der Waals surface area contributed by atoms with Crippen LogP contribution < -0.4 is 5.32 Å². The lowest BCUT2D eigenvalue weighted by Gasteiger charge is -2.36. The lowest BCUT2D eigenvalue weighted by Crippen LogP contribution is -2.53. The number of carbonyl (C=O) groups is 1. The number of hydrogen-bond acceptors (Lipinski definition) is 2. The highest BCUT2D eigenvalue weighted by atomic mass is 35.5. The number of nitrogens with one attached hydrogen (secondary N) is 1. The molecular weight excluding hydrogens is 250 g/mol. The molecular formula is C14H26ClNO2. The van der Waals surface area contributed by atoms with Gasteiger partial charge in [-0.25, -0.2) is 0 Å². The maximum Gasteiger partial charge on any atom is 0.220 e. The number of unbranched alkanes of at least 4 members (excludes halogenated alkanes) is 4. The lowest BCUT2D eigenvalue weighted by atomic mass is 9.92. The molecule has 0 saturated carbocycles. The Morgan fingerprint density at radius 3 is 2.50 bits per heavy atom. The molecule has 0 radical (unpaired) electrons. The van der Waals surface area contributed by atoms with Crippen molar-refractivity contribution in [2.24, 2.45) is 0 Å². The van der Waals surface area contributed by atoms with Crippen LogP contribution in [0.5, 0.6) is 0 Å². The number of rotatable bonds is 8. The van der Waals surface area contributed by atoms with Crippen molar-refractivity contribution in [2.75, 3.05) is 19.1 Å². The summed E-state index contributed by atoms with van der Waals surface area (Å²) in [6.45, 7) is 3.59. The van der Waals surface area contributed by atoms with Gasteiger partial charge in [0.05, 0.1) is 5.54 Å². The summed E-state index contributed by atoms with van der Waals surface area (Å²) < 4.78 is 5.32. The van der Waals surface area contributed by atoms with Gasteiger partial charge < -0.3 is 10.1 Å². The molecule has 1 saturated heterocycles. The van der Waals surface area contributed by atoms with Crippen molar-refractivity contribution in [1.82, 2.24) is 5.32 Å². The van der Waals surface area contributed by atoms with Gasteiger partial charge in [-0.15, -0.1) is 11.6 Å². The molecule has 3 nitrogen and oxygen atoms in total. The van der Waals surface area contributed by atoms with Gasteiger partial charge in [0.15, 0.2) is 0 Å². The molecule has 1 fully saturated rings. The van der Waals surface area contributed by atoms with E-state index in [1.165, 1.54) is 19.3 Å². The SMILES string of the molecule is CCCCCCCC(=O)NC1(CCl)CCOCC1. The summed E-state index contributed by atoms with van der Waals surface area (Å²) in [4.78, 5) is 11.9. The van der Waals surface area contributed by atoms with Gasteiger partial charge in [-0.1, -0.05) is 32.6 Å². The first-order valence-corrected chi connectivity index (χ1v) is 7.70. The molecule has 0 atom stereocenters. The topological polar surface area (TPSA) is 38.3 Å². The van der Waals surface area contributed by atoms with Gasteiger partial charge in [0.25, 0.3) is 0 Å². The van der Waals surface area contributed by atoms with Gasteiger partial charge in [0, 0.05) is 25.5 Å². The van der Waals surface area contributed by atoms with E-state index in [1.54, 1.807) is 0 Å². The van der Waals surface area contributed by atoms with Gasteiger partial charge in [0.1, 0.15) is 0 Å². The predicted octanol–water partition coefficient (Wildman–Crippen LogP) is 3.25. The van der Waals surface area contributed by atoms with E-state index in [2.05, 4.69) is 12.2 Å². The third-order valence-electron chi connectivity index (χ3n) is 3.62. The Labute approximate surface area is 116 Å². The normalized spacial score (nSPS) is 18.6. The Bertz CT molecular complexity index is 240. The van der Waals surface area contributed by atoms with Gasteiger partial charge in [-0.2, -0.15) is 0 Å². The molecule has 18 heavy (non-hydrogen) atoms. The van der Waals surface area contributed by atoms with Crippen LogP contribution in [-0.4, -0.2) is 30.5 Å². The molecule has 1 rings (SSSR count). The third kappa shape index (κ3) is 5.57. The maximum absolute atomic E-state index is 11.9. The van der Waals surface area contributed by atoms with Gasteiger partial charge in [0.2, 0.25) is 5.91 Å². The Hall–Kier alpha value is -0.280. The minimum atomic E-state index is -0.222. The molecule has 0 aliphatic carbocycles. The summed E-state index contributed by atoms with van der Waals surface area (Å²) in [5, 5.41) is 3.12. The van der Waals surface area contributed by atoms with Crippen LogP contribution in [0.25, 0.3) is 0 Å². The second kappa shape index (κ2) is 8.76. The Morgan fingerprint density at radius 2 is 1.89 bits per heavy atom. The molecule has 1 heterocycles. The minimum Gasteiger partial charge on any atom is -0.381 e. The quantitative estimate of drug-likeness (QED) is 0.545. The zero-order chi connectivity index (χ0) is 13.3. The van der Waals surface area contributed by atoms with Crippen molar-refractivity contribution in [1.29, 1.82) is 0 Å². The number of carbonyl (C=O) groups excluding carboxylic acids is 1. The number of alkyl halides is 1. The first-order valence-electron chi connectivity index (χ1n) is 7.17. The molecule has 1 amide bonds. The molecule has 0 aromatic rings. The van der Waals surface area contributed by atoms with Crippen LogP contribution in [-0.2, 0) is 9.53 Å². The van der Waals surface area contributed by atoms with Crippen LogP contribution in [0.1, 0.15) is 58.3 Å². The van der Waals surface area contributed by atoms with E-state index in [0.29, 0.717) is 25.5 Å². The first-order chi connectivity index (χ1) is 8.72. The van der Waals surface area contributed by atoms with E-state index in [1.807, 2.05) is 0 Å². The predicted molar refractivity (Wildman–Crippen MR) is 75.0 cm³/mol. The van der Waals surface area contributed by atoms with Gasteiger partial charge in [-0.3, -0.25) is 4.79 Å².